The van der Waals surface area contributed by atoms with Crippen molar-refractivity contribution in [2.24, 2.45) is 0 Å². The first-order valence-electron chi connectivity index (χ1n) is 13.7. The number of carbonyl (C=O) groups is 3. The number of nitrogens with zero attached hydrogens (tertiary/aromatic N) is 4. The van der Waals surface area contributed by atoms with Crippen molar-refractivity contribution in [1.29, 1.82) is 0 Å². The van der Waals surface area contributed by atoms with Crippen LogP contribution in [-0.4, -0.2) is 53.0 Å². The maximum atomic E-state index is 14.2. The molecule has 0 radical (unpaired) electrons. The number of para-hydroxylation sites is 1. The summed E-state index contributed by atoms with van der Waals surface area (Å²) in [5, 5.41) is 11.6. The minimum atomic E-state index is -1.03. The van der Waals surface area contributed by atoms with Gasteiger partial charge in [0.05, 0.1) is 25.3 Å². The van der Waals surface area contributed by atoms with E-state index in [2.05, 4.69) is 15.6 Å². The minimum absolute atomic E-state index is 0.0228. The summed E-state index contributed by atoms with van der Waals surface area (Å²) >= 11 is 0. The maximum Gasteiger partial charge on any atom is 0.337 e. The van der Waals surface area contributed by atoms with Crippen LogP contribution in [0.25, 0.3) is 11.0 Å². The Balaban J connectivity index is 1.58. The summed E-state index contributed by atoms with van der Waals surface area (Å²) in [6.07, 6.45) is 5.00. The molecule has 1 aromatic heterocycles. The Labute approximate surface area is 238 Å². The van der Waals surface area contributed by atoms with Gasteiger partial charge in [-0.25, -0.2) is 9.48 Å². The van der Waals surface area contributed by atoms with Crippen molar-refractivity contribution in [1.82, 2.24) is 20.3 Å². The first-order chi connectivity index (χ1) is 20.0. The zero-order valence-corrected chi connectivity index (χ0v) is 23.2. The predicted octanol–water partition coefficient (Wildman–Crippen LogP) is 4.45. The lowest BCUT2D eigenvalue weighted by atomic mass is 9.94. The summed E-state index contributed by atoms with van der Waals surface area (Å²) in [7, 11) is 2.86. The van der Waals surface area contributed by atoms with Gasteiger partial charge in [0.15, 0.2) is 0 Å². The topological polar surface area (TPSA) is 116 Å². The van der Waals surface area contributed by atoms with Crippen LogP contribution in [0.3, 0.4) is 0 Å². The Morgan fingerprint density at radius 3 is 2.46 bits per heavy atom. The Morgan fingerprint density at radius 2 is 1.73 bits per heavy atom. The molecule has 1 atom stereocenters. The van der Waals surface area contributed by atoms with Gasteiger partial charge in [-0.15, -0.1) is 5.10 Å². The number of ether oxygens (including phenoxy) is 2. The van der Waals surface area contributed by atoms with Crippen molar-refractivity contribution in [2.75, 3.05) is 19.1 Å². The lowest BCUT2D eigenvalue weighted by molar-refractivity contribution is -0.127. The maximum absolute atomic E-state index is 14.2. The number of rotatable bonds is 9. The zero-order valence-electron chi connectivity index (χ0n) is 23.2. The van der Waals surface area contributed by atoms with E-state index in [1.807, 2.05) is 24.3 Å². The van der Waals surface area contributed by atoms with Gasteiger partial charge < -0.3 is 14.8 Å². The molecule has 0 bridgehead atoms. The number of anilines is 1. The first-order valence-corrected chi connectivity index (χ1v) is 13.7. The largest absolute Gasteiger partial charge is 0.497 e. The number of carbonyl (C=O) groups excluding carboxylic acids is 3. The van der Waals surface area contributed by atoms with Crippen LogP contribution < -0.4 is 15.0 Å². The van der Waals surface area contributed by atoms with Gasteiger partial charge >= 0.3 is 5.97 Å². The van der Waals surface area contributed by atoms with E-state index in [1.54, 1.807) is 55.6 Å². The molecule has 10 heteroatoms. The fourth-order valence-electron chi connectivity index (χ4n) is 5.30. The van der Waals surface area contributed by atoms with Gasteiger partial charge in [-0.3, -0.25) is 14.5 Å². The second-order valence-electron chi connectivity index (χ2n) is 10.1. The number of fused-ring (bicyclic) bond motifs is 1. The Hall–Kier alpha value is -4.73. The summed E-state index contributed by atoms with van der Waals surface area (Å²) in [6, 6.07) is 20.0. The van der Waals surface area contributed by atoms with E-state index in [9.17, 15) is 14.4 Å². The van der Waals surface area contributed by atoms with Crippen LogP contribution in [0.15, 0.2) is 72.8 Å². The van der Waals surface area contributed by atoms with Crippen LogP contribution in [0.2, 0.25) is 0 Å². The summed E-state index contributed by atoms with van der Waals surface area (Å²) in [5.74, 6) is -0.616. The molecule has 1 aliphatic carbocycles. The molecule has 3 aromatic carbocycles. The number of hydrogen-bond donors (Lipinski definition) is 1. The third-order valence-electron chi connectivity index (χ3n) is 7.41. The molecule has 1 aliphatic rings. The number of benzene rings is 3. The third kappa shape index (κ3) is 6.21. The molecule has 5 rings (SSSR count). The van der Waals surface area contributed by atoms with E-state index in [0.29, 0.717) is 33.6 Å². The van der Waals surface area contributed by atoms with Crippen LogP contribution in [0.5, 0.6) is 5.75 Å². The van der Waals surface area contributed by atoms with E-state index in [-0.39, 0.29) is 24.4 Å². The molecule has 2 amide bonds. The number of esters is 1. The molecule has 0 aliphatic heterocycles. The number of aromatic nitrogens is 3. The van der Waals surface area contributed by atoms with Crippen LogP contribution in [0.1, 0.15) is 54.1 Å². The molecule has 0 saturated heterocycles. The standard InChI is InChI=1S/C31H33N5O5/c1-40-25-12-8-11-24(19-25)36(28(37)20-35-27-14-7-6-13-26(27)33-34-35)29(30(38)32-23-9-4-3-5-10-23)21-15-17-22(18-16-21)31(39)41-2/h6-8,11-19,23,29H,3-5,9-10,20H2,1-2H3,(H,32,38)/t29-/m1/s1. The summed E-state index contributed by atoms with van der Waals surface area (Å²) in [6.45, 7) is -0.148. The minimum Gasteiger partial charge on any atom is -0.497 e. The lowest BCUT2D eigenvalue weighted by Gasteiger charge is -2.33. The first kappa shape index (κ1) is 27.8. The second-order valence-corrected chi connectivity index (χ2v) is 10.1. The van der Waals surface area contributed by atoms with E-state index in [4.69, 9.17) is 9.47 Å². The molecule has 1 heterocycles. The second kappa shape index (κ2) is 12.6. The molecular weight excluding hydrogens is 522 g/mol. The molecule has 1 fully saturated rings. The van der Waals surface area contributed by atoms with E-state index in [0.717, 1.165) is 32.1 Å². The molecule has 10 nitrogen and oxygen atoms in total. The van der Waals surface area contributed by atoms with Gasteiger partial charge in [-0.2, -0.15) is 0 Å². The van der Waals surface area contributed by atoms with E-state index in [1.165, 1.54) is 16.7 Å². The Morgan fingerprint density at radius 1 is 0.976 bits per heavy atom. The number of methoxy groups -OCH3 is 2. The van der Waals surface area contributed by atoms with Crippen molar-refractivity contribution in [3.8, 4) is 5.75 Å². The Kier molecular flexibility index (Phi) is 8.57. The molecule has 41 heavy (non-hydrogen) atoms. The highest BCUT2D eigenvalue weighted by molar-refractivity contribution is 6.02. The van der Waals surface area contributed by atoms with Crippen LogP contribution >= 0.6 is 0 Å². The average molecular weight is 556 g/mol. The highest BCUT2D eigenvalue weighted by atomic mass is 16.5. The van der Waals surface area contributed by atoms with Crippen molar-refractivity contribution in [3.05, 3.63) is 83.9 Å². The van der Waals surface area contributed by atoms with Gasteiger partial charge in [0.2, 0.25) is 11.8 Å². The number of nitrogens with one attached hydrogen (secondary N) is 1. The lowest BCUT2D eigenvalue weighted by Crippen LogP contribution is -2.48. The molecule has 4 aromatic rings. The predicted molar refractivity (Wildman–Crippen MR) is 154 cm³/mol. The van der Waals surface area contributed by atoms with Crippen molar-refractivity contribution < 1.29 is 23.9 Å². The molecule has 1 saturated carbocycles. The molecule has 1 N–H and O–H groups in total. The molecule has 0 spiro atoms. The fourth-order valence-corrected chi connectivity index (χ4v) is 5.30. The smallest absolute Gasteiger partial charge is 0.337 e. The highest BCUT2D eigenvalue weighted by Gasteiger charge is 2.35. The van der Waals surface area contributed by atoms with Gasteiger partial charge in [0, 0.05) is 17.8 Å². The molecule has 0 unspecified atom stereocenters. The van der Waals surface area contributed by atoms with Gasteiger partial charge in [-0.05, 0) is 54.8 Å². The monoisotopic (exact) mass is 555 g/mol. The van der Waals surface area contributed by atoms with Gasteiger partial charge in [-0.1, -0.05) is 54.8 Å². The number of hydrogen-bond acceptors (Lipinski definition) is 7. The fraction of sp³-hybridized carbons (Fsp3) is 0.323. The van der Waals surface area contributed by atoms with Gasteiger partial charge in [0.25, 0.3) is 0 Å². The quantitative estimate of drug-likeness (QED) is 0.303. The van der Waals surface area contributed by atoms with Gasteiger partial charge in [0.1, 0.15) is 23.9 Å². The van der Waals surface area contributed by atoms with Crippen molar-refractivity contribution in [3.63, 3.8) is 0 Å². The molecular formula is C31H33N5O5. The zero-order chi connectivity index (χ0) is 28.8. The highest BCUT2D eigenvalue weighted by Crippen LogP contribution is 2.32. The molecule has 212 valence electrons. The number of amides is 2. The Bertz CT molecular complexity index is 1530. The average Bonchev–Trinajstić information content (AvgIpc) is 3.42. The summed E-state index contributed by atoms with van der Waals surface area (Å²) < 4.78 is 11.8. The SMILES string of the molecule is COC(=O)c1ccc([C@H](C(=O)NC2CCCCC2)N(C(=O)Cn2nnc3ccccc32)c2cccc(OC)c2)cc1. The van der Waals surface area contributed by atoms with Crippen molar-refractivity contribution in [2.45, 2.75) is 50.7 Å². The van der Waals surface area contributed by atoms with E-state index >= 15 is 0 Å². The van der Waals surface area contributed by atoms with Crippen LogP contribution in [0.4, 0.5) is 5.69 Å². The van der Waals surface area contributed by atoms with Crippen molar-refractivity contribution >= 4 is 34.5 Å². The summed E-state index contributed by atoms with van der Waals surface area (Å²) in [4.78, 5) is 41.9. The third-order valence-corrected chi connectivity index (χ3v) is 7.41. The van der Waals surface area contributed by atoms with Crippen LogP contribution in [-0.2, 0) is 20.9 Å². The van der Waals surface area contributed by atoms with Crippen LogP contribution in [0, 0.1) is 0 Å². The summed E-state index contributed by atoms with van der Waals surface area (Å²) in [5.41, 5.74) is 2.75. The van der Waals surface area contributed by atoms with E-state index < -0.39 is 12.0 Å². The normalized spacial score (nSPS) is 14.3.